The van der Waals surface area contributed by atoms with Crippen LogP contribution in [0.3, 0.4) is 0 Å². The summed E-state index contributed by atoms with van der Waals surface area (Å²) in [4.78, 5) is 11.8. The summed E-state index contributed by atoms with van der Waals surface area (Å²) in [6.07, 6.45) is 6.15. The quantitative estimate of drug-likeness (QED) is 0.675. The lowest BCUT2D eigenvalue weighted by Crippen LogP contribution is -2.32. The molecule has 1 heterocycles. The van der Waals surface area contributed by atoms with Gasteiger partial charge in [-0.1, -0.05) is 31.4 Å². The Morgan fingerprint density at radius 1 is 1.56 bits per heavy atom. The maximum absolute atomic E-state index is 11.8. The van der Waals surface area contributed by atoms with E-state index < -0.39 is 0 Å². The molecule has 1 aromatic rings. The van der Waals surface area contributed by atoms with Crippen LogP contribution >= 0.6 is 0 Å². The van der Waals surface area contributed by atoms with Crippen LogP contribution in [0.2, 0.25) is 0 Å². The number of hydrogen-bond acceptors (Lipinski definition) is 4. The minimum absolute atomic E-state index is 0.165. The van der Waals surface area contributed by atoms with Crippen molar-refractivity contribution in [3.05, 3.63) is 11.9 Å². The highest BCUT2D eigenvalue weighted by Gasteiger charge is 2.13. The van der Waals surface area contributed by atoms with Crippen LogP contribution in [0.1, 0.15) is 50.0 Å². The van der Waals surface area contributed by atoms with E-state index >= 15 is 0 Å². The Labute approximate surface area is 108 Å². The highest BCUT2D eigenvalue weighted by Crippen LogP contribution is 2.03. The van der Waals surface area contributed by atoms with E-state index in [1.54, 1.807) is 10.9 Å². The van der Waals surface area contributed by atoms with Crippen LogP contribution in [-0.4, -0.2) is 33.5 Å². The van der Waals surface area contributed by atoms with Crippen molar-refractivity contribution in [1.82, 2.24) is 20.3 Å². The molecule has 0 aliphatic carbocycles. The van der Waals surface area contributed by atoms with Crippen molar-refractivity contribution in [2.45, 2.75) is 52.1 Å². The molecule has 0 bridgehead atoms. The molecule has 0 saturated heterocycles. The Bertz CT molecular complexity index is 363. The predicted molar refractivity (Wildman–Crippen MR) is 70.1 cm³/mol. The zero-order valence-electron chi connectivity index (χ0n) is 11.2. The highest BCUT2D eigenvalue weighted by molar-refractivity contribution is 5.92. The minimum Gasteiger partial charge on any atom is -0.348 e. The molecule has 0 saturated carbocycles. The molecule has 1 unspecified atom stereocenters. The standard InChI is InChI=1S/C12H23N5O/c1-3-4-5-6-10(2)14-12(18)11-9-17(8-7-13)16-15-11/h9-10H,3-8,13H2,1-2H3,(H,14,18). The highest BCUT2D eigenvalue weighted by atomic mass is 16.2. The van der Waals surface area contributed by atoms with Crippen molar-refractivity contribution in [3.63, 3.8) is 0 Å². The van der Waals surface area contributed by atoms with Gasteiger partial charge in [0.15, 0.2) is 5.69 Å². The first kappa shape index (κ1) is 14.6. The second-order valence-electron chi connectivity index (χ2n) is 4.53. The number of aromatic nitrogens is 3. The second-order valence-corrected chi connectivity index (χ2v) is 4.53. The van der Waals surface area contributed by atoms with E-state index in [1.807, 2.05) is 6.92 Å². The van der Waals surface area contributed by atoms with Gasteiger partial charge in [0.1, 0.15) is 0 Å². The number of unbranched alkanes of at least 4 members (excludes halogenated alkanes) is 2. The van der Waals surface area contributed by atoms with E-state index in [1.165, 1.54) is 12.8 Å². The average Bonchev–Trinajstić information content (AvgIpc) is 2.78. The monoisotopic (exact) mass is 253 g/mol. The van der Waals surface area contributed by atoms with Gasteiger partial charge in [-0.3, -0.25) is 9.48 Å². The van der Waals surface area contributed by atoms with Gasteiger partial charge in [-0.2, -0.15) is 0 Å². The molecule has 0 aromatic carbocycles. The molecule has 1 aromatic heterocycles. The summed E-state index contributed by atoms with van der Waals surface area (Å²) in [5, 5.41) is 10.6. The number of nitrogens with zero attached hydrogens (tertiary/aromatic N) is 3. The van der Waals surface area contributed by atoms with Crippen LogP contribution in [0.5, 0.6) is 0 Å². The van der Waals surface area contributed by atoms with Gasteiger partial charge in [-0.05, 0) is 13.3 Å². The fraction of sp³-hybridized carbons (Fsp3) is 0.750. The van der Waals surface area contributed by atoms with Gasteiger partial charge in [0.2, 0.25) is 0 Å². The Balaban J connectivity index is 2.38. The zero-order chi connectivity index (χ0) is 13.4. The van der Waals surface area contributed by atoms with E-state index in [9.17, 15) is 4.79 Å². The van der Waals surface area contributed by atoms with Crippen LogP contribution in [0.15, 0.2) is 6.20 Å². The largest absolute Gasteiger partial charge is 0.348 e. The third kappa shape index (κ3) is 4.83. The topological polar surface area (TPSA) is 85.8 Å². The van der Waals surface area contributed by atoms with Gasteiger partial charge < -0.3 is 11.1 Å². The SMILES string of the molecule is CCCCCC(C)NC(=O)c1cn(CCN)nn1. The summed E-state index contributed by atoms with van der Waals surface area (Å²) in [5.74, 6) is -0.165. The van der Waals surface area contributed by atoms with Crippen LogP contribution in [0.25, 0.3) is 0 Å². The summed E-state index contributed by atoms with van der Waals surface area (Å²) in [5.41, 5.74) is 5.76. The smallest absolute Gasteiger partial charge is 0.273 e. The molecule has 1 amide bonds. The lowest BCUT2D eigenvalue weighted by molar-refractivity contribution is 0.0932. The van der Waals surface area contributed by atoms with Gasteiger partial charge in [0, 0.05) is 12.6 Å². The Morgan fingerprint density at radius 3 is 3.00 bits per heavy atom. The Hall–Kier alpha value is -1.43. The summed E-state index contributed by atoms with van der Waals surface area (Å²) < 4.78 is 1.58. The molecule has 6 nitrogen and oxygen atoms in total. The number of rotatable bonds is 8. The molecule has 0 aliphatic heterocycles. The van der Waals surface area contributed by atoms with E-state index in [0.29, 0.717) is 18.8 Å². The molecule has 3 N–H and O–H groups in total. The lowest BCUT2D eigenvalue weighted by atomic mass is 10.1. The van der Waals surface area contributed by atoms with Gasteiger partial charge >= 0.3 is 0 Å². The van der Waals surface area contributed by atoms with Crippen molar-refractivity contribution < 1.29 is 4.79 Å². The number of carbonyl (C=O) groups is 1. The molecule has 0 spiro atoms. The van der Waals surface area contributed by atoms with Crippen molar-refractivity contribution in [2.75, 3.05) is 6.54 Å². The molecule has 6 heteroatoms. The van der Waals surface area contributed by atoms with E-state index in [0.717, 1.165) is 12.8 Å². The summed E-state index contributed by atoms with van der Waals surface area (Å²) in [6, 6.07) is 0.170. The minimum atomic E-state index is -0.165. The van der Waals surface area contributed by atoms with Gasteiger partial charge in [0.05, 0.1) is 12.7 Å². The van der Waals surface area contributed by atoms with Gasteiger partial charge in [-0.15, -0.1) is 5.10 Å². The fourth-order valence-electron chi connectivity index (χ4n) is 1.71. The molecular formula is C12H23N5O. The maximum atomic E-state index is 11.8. The number of amides is 1. The zero-order valence-corrected chi connectivity index (χ0v) is 11.2. The normalized spacial score (nSPS) is 12.4. The molecule has 1 atom stereocenters. The van der Waals surface area contributed by atoms with Crippen molar-refractivity contribution in [1.29, 1.82) is 0 Å². The van der Waals surface area contributed by atoms with Gasteiger partial charge in [-0.25, -0.2) is 0 Å². The van der Waals surface area contributed by atoms with E-state index in [4.69, 9.17) is 5.73 Å². The van der Waals surface area contributed by atoms with Crippen LogP contribution < -0.4 is 11.1 Å². The summed E-state index contributed by atoms with van der Waals surface area (Å²) in [7, 11) is 0. The van der Waals surface area contributed by atoms with Crippen LogP contribution in [-0.2, 0) is 6.54 Å². The van der Waals surface area contributed by atoms with Crippen LogP contribution in [0.4, 0.5) is 0 Å². The molecular weight excluding hydrogens is 230 g/mol. The first-order chi connectivity index (χ1) is 8.67. The summed E-state index contributed by atoms with van der Waals surface area (Å²) in [6.45, 7) is 5.24. The number of nitrogens with one attached hydrogen (secondary N) is 1. The maximum Gasteiger partial charge on any atom is 0.273 e. The number of hydrogen-bond donors (Lipinski definition) is 2. The Kier molecular flexibility index (Phi) is 6.35. The number of nitrogens with two attached hydrogens (primary N) is 1. The third-order valence-electron chi connectivity index (χ3n) is 2.75. The first-order valence-electron chi connectivity index (χ1n) is 6.58. The molecule has 0 fully saturated rings. The summed E-state index contributed by atoms with van der Waals surface area (Å²) >= 11 is 0. The van der Waals surface area contributed by atoms with Crippen molar-refractivity contribution in [3.8, 4) is 0 Å². The van der Waals surface area contributed by atoms with Crippen molar-refractivity contribution >= 4 is 5.91 Å². The predicted octanol–water partition coefficient (Wildman–Crippen LogP) is 0.935. The van der Waals surface area contributed by atoms with Crippen LogP contribution in [0, 0.1) is 0 Å². The molecule has 102 valence electrons. The van der Waals surface area contributed by atoms with E-state index in [-0.39, 0.29) is 11.9 Å². The first-order valence-corrected chi connectivity index (χ1v) is 6.58. The van der Waals surface area contributed by atoms with Crippen molar-refractivity contribution in [2.24, 2.45) is 5.73 Å². The fourth-order valence-corrected chi connectivity index (χ4v) is 1.71. The second kappa shape index (κ2) is 7.81. The molecule has 1 rings (SSSR count). The lowest BCUT2D eigenvalue weighted by Gasteiger charge is -2.12. The molecule has 18 heavy (non-hydrogen) atoms. The molecule has 0 radical (unpaired) electrons. The Morgan fingerprint density at radius 2 is 2.33 bits per heavy atom. The number of carbonyl (C=O) groups excluding carboxylic acids is 1. The molecule has 0 aliphatic rings. The third-order valence-corrected chi connectivity index (χ3v) is 2.75. The van der Waals surface area contributed by atoms with Gasteiger partial charge in [0.25, 0.3) is 5.91 Å². The average molecular weight is 253 g/mol. The van der Waals surface area contributed by atoms with E-state index in [2.05, 4.69) is 22.6 Å².